The Hall–Kier alpha value is -1.97. The van der Waals surface area contributed by atoms with Crippen LogP contribution in [0.5, 0.6) is 0 Å². The molecule has 1 aromatic carbocycles. The zero-order valence-corrected chi connectivity index (χ0v) is 19.4. The largest absolute Gasteiger partial charge is 0.545 e. The van der Waals surface area contributed by atoms with E-state index >= 15 is 0 Å². The van der Waals surface area contributed by atoms with Gasteiger partial charge < -0.3 is 14.1 Å². The highest BCUT2D eigenvalue weighted by Gasteiger charge is 2.52. The molecule has 1 fully saturated rings. The first-order valence-corrected chi connectivity index (χ1v) is 12.8. The maximum atomic E-state index is 9.13. The molecule has 2 aliphatic heterocycles. The summed E-state index contributed by atoms with van der Waals surface area (Å²) in [6.07, 6.45) is 2.15. The number of fused-ring (bicyclic) bond motifs is 1. The van der Waals surface area contributed by atoms with Gasteiger partial charge in [-0.05, 0) is 55.8 Å². The molecule has 1 aromatic rings. The van der Waals surface area contributed by atoms with E-state index in [1.807, 2.05) is 13.0 Å². The smallest absolute Gasteiger partial charge is 0.293 e. The van der Waals surface area contributed by atoms with Gasteiger partial charge in [0.1, 0.15) is 24.0 Å². The summed E-state index contributed by atoms with van der Waals surface area (Å²) < 4.78 is 12.6. The van der Waals surface area contributed by atoms with Crippen molar-refractivity contribution in [1.29, 1.82) is 5.26 Å². The van der Waals surface area contributed by atoms with Gasteiger partial charge in [0.2, 0.25) is 8.32 Å². The van der Waals surface area contributed by atoms with Crippen LogP contribution >= 0.6 is 11.6 Å². The van der Waals surface area contributed by atoms with E-state index in [2.05, 4.69) is 57.8 Å². The summed E-state index contributed by atoms with van der Waals surface area (Å²) in [4.78, 5) is 6.85. The molecule has 5 nitrogen and oxygen atoms in total. The Morgan fingerprint density at radius 1 is 1.36 bits per heavy atom. The van der Waals surface area contributed by atoms with Crippen LogP contribution in [0, 0.1) is 18.3 Å². The van der Waals surface area contributed by atoms with E-state index in [1.165, 1.54) is 0 Å². The van der Waals surface area contributed by atoms with Gasteiger partial charge in [0.25, 0.3) is 6.02 Å². The summed E-state index contributed by atoms with van der Waals surface area (Å²) >= 11 is 6.29. The van der Waals surface area contributed by atoms with Gasteiger partial charge in [0.05, 0.1) is 16.3 Å². The van der Waals surface area contributed by atoms with Gasteiger partial charge in [-0.2, -0.15) is 10.3 Å². The molecule has 1 saturated heterocycles. The Labute approximate surface area is 173 Å². The summed E-state index contributed by atoms with van der Waals surface area (Å²) in [7, 11) is -1.94. The van der Waals surface area contributed by atoms with Crippen LogP contribution in [0.1, 0.15) is 38.8 Å². The van der Waals surface area contributed by atoms with Gasteiger partial charge in [-0.25, -0.2) is 0 Å². The SMILES string of the molecule is Cc1c(N=C2OC[C@]3(C)C(O[Si](C)(C)C(C)(C)C)=CCN23)ccc(C#N)c1Cl. The second-order valence-corrected chi connectivity index (χ2v) is 14.3. The van der Waals surface area contributed by atoms with E-state index in [1.54, 1.807) is 6.07 Å². The predicted octanol–water partition coefficient (Wildman–Crippen LogP) is 5.52. The standard InChI is InChI=1S/C21H28ClN3O2Si/c1-14-16(9-8-15(12-23)18(14)22)24-19-25-11-10-17(21(25,5)13-26-19)27-28(6,7)20(2,3)4/h8-10H,11,13H2,1-7H3/t21-/m1/s1. The van der Waals surface area contributed by atoms with Gasteiger partial charge in [-0.15, -0.1) is 0 Å². The van der Waals surface area contributed by atoms with Gasteiger partial charge in [0.15, 0.2) is 0 Å². The van der Waals surface area contributed by atoms with Crippen LogP contribution < -0.4 is 0 Å². The summed E-state index contributed by atoms with van der Waals surface area (Å²) in [5.41, 5.74) is 1.59. The van der Waals surface area contributed by atoms with Crippen LogP contribution in [0.25, 0.3) is 0 Å². The first kappa shape index (κ1) is 20.8. The van der Waals surface area contributed by atoms with Crippen molar-refractivity contribution >= 4 is 31.6 Å². The molecular formula is C21H28ClN3O2Si. The molecule has 28 heavy (non-hydrogen) atoms. The van der Waals surface area contributed by atoms with E-state index in [9.17, 15) is 0 Å². The lowest BCUT2D eigenvalue weighted by atomic mass is 10.0. The number of aliphatic imine (C=N–C) groups is 1. The zero-order valence-electron chi connectivity index (χ0n) is 17.7. The van der Waals surface area contributed by atoms with Crippen molar-refractivity contribution < 1.29 is 9.16 Å². The van der Waals surface area contributed by atoms with Crippen LogP contribution in [0.15, 0.2) is 29.0 Å². The minimum Gasteiger partial charge on any atom is -0.545 e. The highest BCUT2D eigenvalue weighted by atomic mass is 35.5. The third-order valence-corrected chi connectivity index (χ3v) is 11.0. The minimum atomic E-state index is -1.94. The third kappa shape index (κ3) is 3.31. The van der Waals surface area contributed by atoms with Crippen LogP contribution in [0.3, 0.4) is 0 Å². The van der Waals surface area contributed by atoms with Crippen molar-refractivity contribution in [2.75, 3.05) is 13.2 Å². The number of hydrogen-bond donors (Lipinski definition) is 0. The second kappa shape index (κ2) is 6.82. The number of ether oxygens (including phenoxy) is 1. The molecule has 0 saturated carbocycles. The molecule has 2 heterocycles. The molecule has 0 spiro atoms. The summed E-state index contributed by atoms with van der Waals surface area (Å²) in [6.45, 7) is 16.4. The quantitative estimate of drug-likeness (QED) is 0.607. The summed E-state index contributed by atoms with van der Waals surface area (Å²) in [6, 6.07) is 6.16. The number of nitriles is 1. The Morgan fingerprint density at radius 3 is 2.64 bits per heavy atom. The van der Waals surface area contributed by atoms with Crippen molar-refractivity contribution in [2.45, 2.75) is 58.3 Å². The van der Waals surface area contributed by atoms with Crippen molar-refractivity contribution in [3.63, 3.8) is 0 Å². The van der Waals surface area contributed by atoms with Gasteiger partial charge in [-0.1, -0.05) is 32.4 Å². The number of benzene rings is 1. The number of nitrogens with zero attached hydrogens (tertiary/aromatic N) is 3. The highest BCUT2D eigenvalue weighted by molar-refractivity contribution is 6.74. The molecule has 7 heteroatoms. The van der Waals surface area contributed by atoms with E-state index in [0.29, 0.717) is 35.4 Å². The van der Waals surface area contributed by atoms with Gasteiger partial charge in [-0.3, -0.25) is 0 Å². The lowest BCUT2D eigenvalue weighted by molar-refractivity contribution is 0.203. The van der Waals surface area contributed by atoms with Crippen molar-refractivity contribution in [3.8, 4) is 6.07 Å². The Morgan fingerprint density at radius 2 is 2.04 bits per heavy atom. The first-order valence-electron chi connectivity index (χ1n) is 9.49. The van der Waals surface area contributed by atoms with Crippen LogP contribution in [0.2, 0.25) is 23.2 Å². The molecule has 0 aromatic heterocycles. The Balaban J connectivity index is 1.87. The van der Waals surface area contributed by atoms with Gasteiger partial charge >= 0.3 is 0 Å². The predicted molar refractivity (Wildman–Crippen MR) is 115 cm³/mol. The number of amidine groups is 1. The van der Waals surface area contributed by atoms with Crippen molar-refractivity contribution in [3.05, 3.63) is 40.1 Å². The normalized spacial score (nSPS) is 23.3. The minimum absolute atomic E-state index is 0.129. The average Bonchev–Trinajstić information content (AvgIpc) is 3.07. The van der Waals surface area contributed by atoms with E-state index in [0.717, 1.165) is 11.3 Å². The fourth-order valence-corrected chi connectivity index (χ4v) is 4.47. The molecule has 0 aliphatic carbocycles. The molecule has 0 bridgehead atoms. The van der Waals surface area contributed by atoms with E-state index < -0.39 is 8.32 Å². The zero-order chi connectivity index (χ0) is 20.9. The molecular weight excluding hydrogens is 390 g/mol. The second-order valence-electron chi connectivity index (χ2n) is 9.18. The molecule has 150 valence electrons. The summed E-state index contributed by atoms with van der Waals surface area (Å²) in [5.74, 6) is 0.985. The topological polar surface area (TPSA) is 57.9 Å². The maximum Gasteiger partial charge on any atom is 0.293 e. The van der Waals surface area contributed by atoms with Crippen LogP contribution in [0.4, 0.5) is 5.69 Å². The lowest BCUT2D eigenvalue weighted by Crippen LogP contribution is -2.47. The van der Waals surface area contributed by atoms with Crippen molar-refractivity contribution in [1.82, 2.24) is 4.90 Å². The molecule has 0 unspecified atom stereocenters. The first-order chi connectivity index (χ1) is 12.9. The fourth-order valence-electron chi connectivity index (χ4n) is 3.11. The lowest BCUT2D eigenvalue weighted by Gasteiger charge is -2.40. The Kier molecular flexibility index (Phi) is 5.05. The maximum absolute atomic E-state index is 9.13. The Bertz CT molecular complexity index is 911. The van der Waals surface area contributed by atoms with E-state index in [4.69, 9.17) is 31.0 Å². The van der Waals surface area contributed by atoms with E-state index in [-0.39, 0.29) is 10.6 Å². The average molecular weight is 418 g/mol. The van der Waals surface area contributed by atoms with Crippen LogP contribution in [-0.2, 0) is 9.16 Å². The monoisotopic (exact) mass is 417 g/mol. The number of hydrogen-bond acceptors (Lipinski definition) is 4. The number of rotatable bonds is 3. The molecule has 3 rings (SSSR count). The summed E-state index contributed by atoms with van der Waals surface area (Å²) in [5, 5.41) is 9.70. The third-order valence-electron chi connectivity index (χ3n) is 6.16. The molecule has 2 aliphatic rings. The molecule has 1 atom stereocenters. The molecule has 0 N–H and O–H groups in total. The highest BCUT2D eigenvalue weighted by Crippen LogP contribution is 2.44. The van der Waals surface area contributed by atoms with Crippen LogP contribution in [-0.4, -0.2) is 37.9 Å². The fraction of sp³-hybridized carbons (Fsp3) is 0.524. The molecule has 0 amide bonds. The van der Waals surface area contributed by atoms with Crippen molar-refractivity contribution in [2.24, 2.45) is 4.99 Å². The number of halogens is 1. The molecule has 0 radical (unpaired) electrons. The van der Waals surface area contributed by atoms with Gasteiger partial charge in [0, 0.05) is 6.54 Å².